The molecule has 0 aliphatic heterocycles. The summed E-state index contributed by atoms with van der Waals surface area (Å²) in [5, 5.41) is 0. The molecule has 0 aromatic carbocycles. The van der Waals surface area contributed by atoms with Crippen molar-refractivity contribution < 1.29 is 19.1 Å². The second-order valence-electron chi connectivity index (χ2n) is 6.11. The molecule has 0 N–H and O–H groups in total. The van der Waals surface area contributed by atoms with E-state index in [-0.39, 0.29) is 17.6 Å². The van der Waals surface area contributed by atoms with E-state index in [2.05, 4.69) is 24.7 Å². The van der Waals surface area contributed by atoms with E-state index in [4.69, 9.17) is 15.0 Å². The first kappa shape index (κ1) is 16.4. The van der Waals surface area contributed by atoms with Gasteiger partial charge in [-0.25, -0.2) is 4.79 Å². The fourth-order valence-electron chi connectivity index (χ4n) is 2.49. The van der Waals surface area contributed by atoms with Crippen LogP contribution in [0.1, 0.15) is 53.4 Å². The Balaban J connectivity index is 2.43. The van der Waals surface area contributed by atoms with E-state index in [1.165, 1.54) is 6.42 Å². The van der Waals surface area contributed by atoms with Crippen LogP contribution in [-0.2, 0) is 14.3 Å². The lowest BCUT2D eigenvalue weighted by Gasteiger charge is -2.29. The standard InChI is InChI=1S/C15H24N2O3/c1-11(8-12(2)20-14(18)10-17-16)19-13-6-5-7-15(3,4)9-13/h9-12H,5-8H2,1-4H3/t11-,12-/m1/s1. The zero-order valence-corrected chi connectivity index (χ0v) is 12.8. The van der Waals surface area contributed by atoms with Gasteiger partial charge in [-0.1, -0.05) is 13.8 Å². The van der Waals surface area contributed by atoms with E-state index >= 15 is 0 Å². The minimum atomic E-state index is -0.648. The van der Waals surface area contributed by atoms with Crippen molar-refractivity contribution in [3.8, 4) is 0 Å². The number of esters is 1. The molecule has 1 aliphatic carbocycles. The zero-order chi connectivity index (χ0) is 15.2. The van der Waals surface area contributed by atoms with Crippen LogP contribution in [0.25, 0.3) is 5.53 Å². The van der Waals surface area contributed by atoms with Crippen LogP contribution in [-0.4, -0.2) is 29.2 Å². The van der Waals surface area contributed by atoms with Gasteiger partial charge in [-0.2, -0.15) is 4.79 Å². The molecular formula is C15H24N2O3. The third-order valence-electron chi connectivity index (χ3n) is 3.29. The predicted octanol–water partition coefficient (Wildman–Crippen LogP) is 3.11. The Kier molecular flexibility index (Phi) is 5.96. The Bertz CT molecular complexity index is 423. The van der Waals surface area contributed by atoms with E-state index < -0.39 is 5.97 Å². The van der Waals surface area contributed by atoms with Crippen molar-refractivity contribution in [2.24, 2.45) is 5.41 Å². The molecule has 0 heterocycles. The molecule has 0 saturated heterocycles. The van der Waals surface area contributed by atoms with Gasteiger partial charge in [0.15, 0.2) is 0 Å². The summed E-state index contributed by atoms with van der Waals surface area (Å²) >= 11 is 0. The molecule has 0 spiro atoms. The molecule has 5 heteroatoms. The lowest BCUT2D eigenvalue weighted by Crippen LogP contribution is -2.23. The Labute approximate surface area is 120 Å². The summed E-state index contributed by atoms with van der Waals surface area (Å²) in [6.45, 7) is 8.17. The largest absolute Gasteiger partial charge is 0.495 e. The smallest absolute Gasteiger partial charge is 0.413 e. The van der Waals surface area contributed by atoms with Crippen molar-refractivity contribution in [2.45, 2.75) is 65.6 Å². The van der Waals surface area contributed by atoms with Crippen LogP contribution in [0.2, 0.25) is 0 Å². The summed E-state index contributed by atoms with van der Waals surface area (Å²) in [4.78, 5) is 13.8. The molecule has 2 atom stereocenters. The molecule has 0 amide bonds. The van der Waals surface area contributed by atoms with Gasteiger partial charge < -0.3 is 15.0 Å². The molecule has 1 aliphatic rings. The average Bonchev–Trinajstić information content (AvgIpc) is 2.26. The van der Waals surface area contributed by atoms with Gasteiger partial charge in [0.25, 0.3) is 0 Å². The summed E-state index contributed by atoms with van der Waals surface area (Å²) in [7, 11) is 0. The zero-order valence-electron chi connectivity index (χ0n) is 12.8. The number of carbonyl (C=O) groups is 1. The Morgan fingerprint density at radius 2 is 2.20 bits per heavy atom. The van der Waals surface area contributed by atoms with Crippen LogP contribution in [0.4, 0.5) is 0 Å². The van der Waals surface area contributed by atoms with Crippen molar-refractivity contribution in [3.63, 3.8) is 0 Å². The topological polar surface area (TPSA) is 71.9 Å². The Hall–Kier alpha value is -1.61. The quantitative estimate of drug-likeness (QED) is 0.325. The molecule has 20 heavy (non-hydrogen) atoms. The van der Waals surface area contributed by atoms with Crippen LogP contribution < -0.4 is 0 Å². The molecule has 0 saturated carbocycles. The maximum Gasteiger partial charge on any atom is 0.413 e. The number of rotatable bonds is 6. The van der Waals surface area contributed by atoms with E-state index in [1.807, 2.05) is 6.92 Å². The number of allylic oxidation sites excluding steroid dienone is 2. The number of hydrogen-bond donors (Lipinski definition) is 0. The van der Waals surface area contributed by atoms with E-state index in [0.29, 0.717) is 6.42 Å². The second kappa shape index (κ2) is 7.25. The van der Waals surface area contributed by atoms with Gasteiger partial charge >= 0.3 is 12.2 Å². The van der Waals surface area contributed by atoms with Crippen molar-refractivity contribution in [2.75, 3.05) is 0 Å². The van der Waals surface area contributed by atoms with Gasteiger partial charge in [0.2, 0.25) is 0 Å². The van der Waals surface area contributed by atoms with Crippen LogP contribution in [0.5, 0.6) is 0 Å². The van der Waals surface area contributed by atoms with E-state index in [9.17, 15) is 4.79 Å². The number of ether oxygens (including phenoxy) is 2. The first-order valence-electron chi connectivity index (χ1n) is 7.09. The number of hydrogen-bond acceptors (Lipinski definition) is 3. The molecule has 0 unspecified atom stereocenters. The fourth-order valence-corrected chi connectivity index (χ4v) is 2.49. The first-order valence-corrected chi connectivity index (χ1v) is 7.09. The highest BCUT2D eigenvalue weighted by Crippen LogP contribution is 2.34. The maximum absolute atomic E-state index is 11.1. The highest BCUT2D eigenvalue weighted by molar-refractivity contribution is 6.20. The lowest BCUT2D eigenvalue weighted by molar-refractivity contribution is -0.144. The average molecular weight is 280 g/mol. The fraction of sp³-hybridized carbons (Fsp3) is 0.733. The summed E-state index contributed by atoms with van der Waals surface area (Å²) in [6, 6.07) is 0. The van der Waals surface area contributed by atoms with Gasteiger partial charge in [0.05, 0.1) is 11.9 Å². The molecule has 0 aromatic rings. The van der Waals surface area contributed by atoms with Crippen LogP contribution in [0.3, 0.4) is 0 Å². The van der Waals surface area contributed by atoms with Crippen LogP contribution in [0.15, 0.2) is 11.8 Å². The lowest BCUT2D eigenvalue weighted by atomic mass is 9.82. The van der Waals surface area contributed by atoms with Gasteiger partial charge in [-0.15, -0.1) is 0 Å². The molecule has 0 radical (unpaired) electrons. The maximum atomic E-state index is 11.1. The van der Waals surface area contributed by atoms with Crippen LogP contribution >= 0.6 is 0 Å². The summed E-state index contributed by atoms with van der Waals surface area (Å²) in [6.07, 6.45) is 6.53. The molecule has 5 nitrogen and oxygen atoms in total. The van der Waals surface area contributed by atoms with Crippen molar-refractivity contribution in [3.05, 3.63) is 17.4 Å². The van der Waals surface area contributed by atoms with Crippen molar-refractivity contribution in [1.82, 2.24) is 0 Å². The summed E-state index contributed by atoms with van der Waals surface area (Å²) in [5.74, 6) is 0.384. The van der Waals surface area contributed by atoms with Crippen molar-refractivity contribution in [1.29, 1.82) is 0 Å². The van der Waals surface area contributed by atoms with E-state index in [1.54, 1.807) is 6.92 Å². The highest BCUT2D eigenvalue weighted by atomic mass is 16.5. The highest BCUT2D eigenvalue weighted by Gasteiger charge is 2.23. The molecular weight excluding hydrogens is 256 g/mol. The SMILES string of the molecule is C[C@H](C[C@@H](C)OC1=CC(C)(C)CCC1)OC(=O)C=[N+]=[N-]. The van der Waals surface area contributed by atoms with Gasteiger partial charge in [0.1, 0.15) is 6.10 Å². The minimum Gasteiger partial charge on any atom is -0.495 e. The van der Waals surface area contributed by atoms with E-state index in [0.717, 1.165) is 24.8 Å². The van der Waals surface area contributed by atoms with Gasteiger partial charge in [-0.3, -0.25) is 0 Å². The third kappa shape index (κ3) is 6.02. The Morgan fingerprint density at radius 3 is 2.80 bits per heavy atom. The molecule has 0 fully saturated rings. The predicted molar refractivity (Wildman–Crippen MR) is 76.1 cm³/mol. The first-order chi connectivity index (χ1) is 9.32. The molecule has 112 valence electrons. The third-order valence-corrected chi connectivity index (χ3v) is 3.29. The monoisotopic (exact) mass is 280 g/mol. The summed E-state index contributed by atoms with van der Waals surface area (Å²) < 4.78 is 11.0. The minimum absolute atomic E-state index is 0.0241. The summed E-state index contributed by atoms with van der Waals surface area (Å²) in [5.41, 5.74) is 8.43. The molecule has 0 bridgehead atoms. The van der Waals surface area contributed by atoms with Crippen molar-refractivity contribution >= 4 is 12.2 Å². The molecule has 1 rings (SSSR count). The van der Waals surface area contributed by atoms with Crippen LogP contribution in [0, 0.1) is 5.41 Å². The second-order valence-corrected chi connectivity index (χ2v) is 6.11. The number of carbonyl (C=O) groups excluding carboxylic acids is 1. The number of nitrogens with zero attached hydrogens (tertiary/aromatic N) is 2. The Morgan fingerprint density at radius 1 is 1.50 bits per heavy atom. The normalized spacial score (nSPS) is 20.1. The molecule has 0 aromatic heterocycles. The van der Waals surface area contributed by atoms with Gasteiger partial charge in [0, 0.05) is 12.8 Å². The van der Waals surface area contributed by atoms with Gasteiger partial charge in [-0.05, 0) is 38.2 Å².